The minimum Gasteiger partial charge on any atom is -0.342 e. The molecule has 0 aliphatic carbocycles. The molecule has 5 heteroatoms. The molecule has 1 aromatic heterocycles. The molecule has 1 amide bonds. The molecular formula is C17H28N4O. The van der Waals surface area contributed by atoms with Gasteiger partial charge in [-0.05, 0) is 30.2 Å². The van der Waals surface area contributed by atoms with Gasteiger partial charge in [-0.25, -0.2) is 0 Å². The Morgan fingerprint density at radius 1 is 1.32 bits per heavy atom. The van der Waals surface area contributed by atoms with Gasteiger partial charge in [0.25, 0.3) is 0 Å². The number of rotatable bonds is 2. The Labute approximate surface area is 133 Å². The second-order valence-corrected chi connectivity index (χ2v) is 7.66. The highest BCUT2D eigenvalue weighted by molar-refractivity contribution is 5.80. The molecular weight excluding hydrogens is 276 g/mol. The van der Waals surface area contributed by atoms with Crippen LogP contribution >= 0.6 is 0 Å². The number of aromatic nitrogens is 2. The highest BCUT2D eigenvalue weighted by atomic mass is 16.2. The topological polar surface area (TPSA) is 50.2 Å². The van der Waals surface area contributed by atoms with E-state index < -0.39 is 0 Å². The van der Waals surface area contributed by atoms with E-state index >= 15 is 0 Å². The lowest BCUT2D eigenvalue weighted by molar-refractivity contribution is -0.135. The normalized spacial score (nSPS) is 28.6. The predicted octanol–water partition coefficient (Wildman–Crippen LogP) is 1.76. The zero-order valence-electron chi connectivity index (χ0n) is 14.0. The van der Waals surface area contributed by atoms with Crippen LogP contribution in [0.15, 0.2) is 12.4 Å². The number of nitrogens with one attached hydrogen (secondary N) is 1. The second kappa shape index (κ2) is 6.03. The number of hydrogen-bond donors (Lipinski definition) is 1. The fourth-order valence-electron chi connectivity index (χ4n) is 3.80. The monoisotopic (exact) mass is 304 g/mol. The summed E-state index contributed by atoms with van der Waals surface area (Å²) < 4.78 is 1.82. The summed E-state index contributed by atoms with van der Waals surface area (Å²) in [6, 6.07) is 0. The molecule has 122 valence electrons. The molecule has 2 atom stereocenters. The van der Waals surface area contributed by atoms with Gasteiger partial charge in [0, 0.05) is 45.3 Å². The summed E-state index contributed by atoms with van der Waals surface area (Å²) in [5.41, 5.74) is 1.55. The molecule has 1 N–H and O–H groups in total. The third-order valence-electron chi connectivity index (χ3n) is 5.34. The molecule has 0 spiro atoms. The molecule has 3 rings (SSSR count). The standard InChI is InChI=1S/C17H28N4O/c1-17(2)5-4-7-21(8-6-17)16(22)15-11-18-10-14(15)13-9-19-20(3)12-13/h9,12,14-15,18H,4-8,10-11H2,1-3H3/t14-,15+/m1/s1. The minimum absolute atomic E-state index is 0.0606. The van der Waals surface area contributed by atoms with E-state index in [4.69, 9.17) is 0 Å². The van der Waals surface area contributed by atoms with Crippen LogP contribution in [0, 0.1) is 11.3 Å². The van der Waals surface area contributed by atoms with Crippen LogP contribution in [0.5, 0.6) is 0 Å². The lowest BCUT2D eigenvalue weighted by Gasteiger charge is -2.27. The van der Waals surface area contributed by atoms with Gasteiger partial charge in [-0.3, -0.25) is 9.48 Å². The smallest absolute Gasteiger partial charge is 0.227 e. The Morgan fingerprint density at radius 2 is 2.14 bits per heavy atom. The maximum atomic E-state index is 13.0. The maximum absolute atomic E-state index is 13.0. The van der Waals surface area contributed by atoms with Crippen molar-refractivity contribution in [3.63, 3.8) is 0 Å². The fourth-order valence-corrected chi connectivity index (χ4v) is 3.80. The first kappa shape index (κ1) is 15.5. The quantitative estimate of drug-likeness (QED) is 0.906. The molecule has 2 saturated heterocycles. The molecule has 22 heavy (non-hydrogen) atoms. The molecule has 0 radical (unpaired) electrons. The van der Waals surface area contributed by atoms with Gasteiger partial charge in [-0.15, -0.1) is 0 Å². The summed E-state index contributed by atoms with van der Waals surface area (Å²) in [5, 5.41) is 7.66. The van der Waals surface area contributed by atoms with Gasteiger partial charge < -0.3 is 10.2 Å². The zero-order chi connectivity index (χ0) is 15.7. The maximum Gasteiger partial charge on any atom is 0.227 e. The number of carbonyl (C=O) groups is 1. The highest BCUT2D eigenvalue weighted by Gasteiger charge is 2.38. The minimum atomic E-state index is 0.0606. The lowest BCUT2D eigenvalue weighted by Crippen LogP contribution is -2.39. The van der Waals surface area contributed by atoms with Crippen LogP contribution in [0.4, 0.5) is 0 Å². The Bertz CT molecular complexity index is 537. The first-order chi connectivity index (χ1) is 10.5. The number of nitrogens with zero attached hydrogens (tertiary/aromatic N) is 3. The van der Waals surface area contributed by atoms with Crippen molar-refractivity contribution in [1.82, 2.24) is 20.0 Å². The Balaban J connectivity index is 1.71. The van der Waals surface area contributed by atoms with Gasteiger partial charge in [0.1, 0.15) is 0 Å². The van der Waals surface area contributed by atoms with Crippen molar-refractivity contribution in [3.8, 4) is 0 Å². The van der Waals surface area contributed by atoms with Gasteiger partial charge in [0.2, 0.25) is 5.91 Å². The molecule has 0 aromatic carbocycles. The van der Waals surface area contributed by atoms with Crippen molar-refractivity contribution in [2.24, 2.45) is 18.4 Å². The largest absolute Gasteiger partial charge is 0.342 e. The molecule has 5 nitrogen and oxygen atoms in total. The van der Waals surface area contributed by atoms with Crippen LogP contribution in [0.2, 0.25) is 0 Å². The molecule has 2 aliphatic heterocycles. The summed E-state index contributed by atoms with van der Waals surface area (Å²) in [4.78, 5) is 15.1. The van der Waals surface area contributed by atoms with E-state index in [1.165, 1.54) is 12.0 Å². The van der Waals surface area contributed by atoms with Crippen molar-refractivity contribution in [1.29, 1.82) is 0 Å². The second-order valence-electron chi connectivity index (χ2n) is 7.66. The van der Waals surface area contributed by atoms with E-state index in [0.29, 0.717) is 11.3 Å². The van der Waals surface area contributed by atoms with Crippen LogP contribution in [0.25, 0.3) is 0 Å². The van der Waals surface area contributed by atoms with Crippen LogP contribution < -0.4 is 5.32 Å². The fraction of sp³-hybridized carbons (Fsp3) is 0.765. The number of carbonyl (C=O) groups excluding carboxylic acids is 1. The zero-order valence-corrected chi connectivity index (χ0v) is 14.0. The number of amides is 1. The van der Waals surface area contributed by atoms with Crippen LogP contribution in [-0.4, -0.2) is 46.8 Å². The van der Waals surface area contributed by atoms with E-state index in [9.17, 15) is 4.79 Å². The summed E-state index contributed by atoms with van der Waals surface area (Å²) in [7, 11) is 1.93. The number of aryl methyl sites for hydroxylation is 1. The molecule has 2 aliphatic rings. The summed E-state index contributed by atoms with van der Waals surface area (Å²) in [5.74, 6) is 0.652. The van der Waals surface area contributed by atoms with Gasteiger partial charge in [-0.2, -0.15) is 5.10 Å². The van der Waals surface area contributed by atoms with Gasteiger partial charge in [0.15, 0.2) is 0 Å². The van der Waals surface area contributed by atoms with Gasteiger partial charge in [0.05, 0.1) is 12.1 Å². The molecule has 0 saturated carbocycles. The molecule has 0 bridgehead atoms. The molecule has 2 fully saturated rings. The van der Waals surface area contributed by atoms with Crippen LogP contribution in [0.1, 0.15) is 44.6 Å². The van der Waals surface area contributed by atoms with E-state index in [0.717, 1.165) is 39.0 Å². The third-order valence-corrected chi connectivity index (χ3v) is 5.34. The van der Waals surface area contributed by atoms with Crippen molar-refractivity contribution >= 4 is 5.91 Å². The van der Waals surface area contributed by atoms with Crippen molar-refractivity contribution in [2.75, 3.05) is 26.2 Å². The van der Waals surface area contributed by atoms with E-state index in [2.05, 4.69) is 29.2 Å². The summed E-state index contributed by atoms with van der Waals surface area (Å²) >= 11 is 0. The lowest BCUT2D eigenvalue weighted by atomic mass is 9.85. The van der Waals surface area contributed by atoms with Gasteiger partial charge >= 0.3 is 0 Å². The van der Waals surface area contributed by atoms with Gasteiger partial charge in [-0.1, -0.05) is 13.8 Å². The molecule has 1 aromatic rings. The van der Waals surface area contributed by atoms with Crippen molar-refractivity contribution < 1.29 is 4.79 Å². The molecule has 3 heterocycles. The van der Waals surface area contributed by atoms with Crippen LogP contribution in [-0.2, 0) is 11.8 Å². The average molecular weight is 304 g/mol. The summed E-state index contributed by atoms with van der Waals surface area (Å²) in [6.07, 6.45) is 7.39. The van der Waals surface area contributed by atoms with Crippen molar-refractivity contribution in [2.45, 2.75) is 39.0 Å². The number of likely N-dealkylation sites (tertiary alicyclic amines) is 1. The third kappa shape index (κ3) is 3.19. The SMILES string of the molecule is Cn1cc([C@H]2CNC[C@@H]2C(=O)N2CCCC(C)(C)CC2)cn1. The molecule has 0 unspecified atom stereocenters. The first-order valence-corrected chi connectivity index (χ1v) is 8.44. The Kier molecular flexibility index (Phi) is 4.26. The average Bonchev–Trinajstić information content (AvgIpc) is 3.06. The van der Waals surface area contributed by atoms with E-state index in [1.54, 1.807) is 0 Å². The van der Waals surface area contributed by atoms with E-state index in [-0.39, 0.29) is 11.8 Å². The summed E-state index contributed by atoms with van der Waals surface area (Å²) in [6.45, 7) is 8.12. The Hall–Kier alpha value is -1.36. The first-order valence-electron chi connectivity index (χ1n) is 8.44. The Morgan fingerprint density at radius 3 is 2.86 bits per heavy atom. The van der Waals surface area contributed by atoms with Crippen LogP contribution in [0.3, 0.4) is 0 Å². The predicted molar refractivity (Wildman–Crippen MR) is 86.5 cm³/mol. The van der Waals surface area contributed by atoms with Crippen molar-refractivity contribution in [3.05, 3.63) is 18.0 Å². The van der Waals surface area contributed by atoms with E-state index in [1.807, 2.05) is 24.1 Å². The number of hydrogen-bond acceptors (Lipinski definition) is 3. The highest BCUT2D eigenvalue weighted by Crippen LogP contribution is 2.33.